The number of benzene rings is 2. The molecule has 3 N–H and O–H groups in total. The third-order valence-electron chi connectivity index (χ3n) is 5.00. The lowest BCUT2D eigenvalue weighted by atomic mass is 10.1. The first-order valence-electron chi connectivity index (χ1n) is 10.9. The van der Waals surface area contributed by atoms with Crippen LogP contribution < -0.4 is 5.73 Å². The van der Waals surface area contributed by atoms with Crippen LogP contribution in [0.4, 0.5) is 9.18 Å². The van der Waals surface area contributed by atoms with Gasteiger partial charge in [0.05, 0.1) is 12.7 Å². The highest BCUT2D eigenvalue weighted by Crippen LogP contribution is 2.30. The van der Waals surface area contributed by atoms with Gasteiger partial charge >= 0.3 is 6.09 Å². The molecule has 0 spiro atoms. The second-order valence-corrected chi connectivity index (χ2v) is 10.3. The van der Waals surface area contributed by atoms with Crippen molar-refractivity contribution in [1.82, 2.24) is 8.87 Å². The normalized spacial score (nSPS) is 12.8. The maximum Gasteiger partial charge on any atom is 0.410 e. The van der Waals surface area contributed by atoms with Crippen LogP contribution in [-0.4, -0.2) is 38.4 Å². The molecule has 1 aromatic heterocycles. The molecule has 0 aliphatic heterocycles. The number of carbonyl (C=O) groups is 1. The monoisotopic (exact) mass is 496 g/mol. The third-order valence-corrected chi connectivity index (χ3v) is 6.32. The number of halogens is 1. The molecule has 9 heteroatoms. The zero-order valence-corrected chi connectivity index (χ0v) is 20.9. The summed E-state index contributed by atoms with van der Waals surface area (Å²) in [5.41, 5.74) is 7.42. The molecule has 1 unspecified atom stereocenters. The van der Waals surface area contributed by atoms with E-state index in [0.717, 1.165) is 6.21 Å². The van der Waals surface area contributed by atoms with Crippen molar-refractivity contribution >= 4 is 29.2 Å². The van der Waals surface area contributed by atoms with Crippen LogP contribution in [0, 0.1) is 11.2 Å². The van der Waals surface area contributed by atoms with Gasteiger partial charge in [0, 0.05) is 36.7 Å². The number of nitrogens with zero attached hydrogens (tertiary/aromatic N) is 2. The van der Waals surface area contributed by atoms with Crippen molar-refractivity contribution in [3.05, 3.63) is 83.9 Å². The topological polar surface area (TPSA) is 107 Å². The molecule has 35 heavy (non-hydrogen) atoms. The van der Waals surface area contributed by atoms with Gasteiger partial charge in [0.25, 0.3) is 0 Å². The van der Waals surface area contributed by atoms with Crippen LogP contribution in [-0.2, 0) is 22.6 Å². The summed E-state index contributed by atoms with van der Waals surface area (Å²) in [6.07, 6.45) is 3.56. The Morgan fingerprint density at radius 1 is 1.23 bits per heavy atom. The Balaban J connectivity index is 2.02. The molecule has 0 radical (unpaired) electrons. The lowest BCUT2D eigenvalue weighted by Gasteiger charge is -2.24. The fourth-order valence-electron chi connectivity index (χ4n) is 3.39. The van der Waals surface area contributed by atoms with Crippen LogP contribution in [0.2, 0.25) is 0 Å². The van der Waals surface area contributed by atoms with Crippen molar-refractivity contribution in [3.63, 3.8) is 0 Å². The van der Waals surface area contributed by atoms with E-state index in [9.17, 15) is 13.7 Å². The summed E-state index contributed by atoms with van der Waals surface area (Å²) < 4.78 is 35.3. The van der Waals surface area contributed by atoms with E-state index in [2.05, 4.69) is 0 Å². The predicted molar refractivity (Wildman–Crippen MR) is 137 cm³/mol. The SMILES string of the molecule is CN(Cc1cc(-c2ccccc2F)n([S+]([O-])c2cccc(/C(C=N)=C/N)c2)c1)C(=O)OC(C)(C)C. The standard InChI is InChI=1S/C26H29FN4O3S/c1-26(2,3)34-25(32)30(4)16-18-12-24(22-10-5-6-11-23(22)27)31(17-18)35(33)21-9-7-8-19(13-21)20(14-28)15-29/h5-15,17,28H,16,29H2,1-4H3/b20-15+,28-14?. The highest BCUT2D eigenvalue weighted by Gasteiger charge is 2.25. The Morgan fingerprint density at radius 3 is 2.57 bits per heavy atom. The molecule has 184 valence electrons. The Labute approximate surface area is 207 Å². The molecular weight excluding hydrogens is 467 g/mol. The minimum atomic E-state index is -1.75. The molecule has 7 nitrogen and oxygen atoms in total. The first-order chi connectivity index (χ1) is 16.5. The molecule has 3 rings (SSSR count). The summed E-state index contributed by atoms with van der Waals surface area (Å²) in [5.74, 6) is -0.457. The molecule has 0 aliphatic rings. The first kappa shape index (κ1) is 26.1. The van der Waals surface area contributed by atoms with Crippen LogP contribution in [0.5, 0.6) is 0 Å². The summed E-state index contributed by atoms with van der Waals surface area (Å²) in [7, 11) is 1.60. The maximum absolute atomic E-state index is 14.7. The van der Waals surface area contributed by atoms with Crippen LogP contribution in [0.1, 0.15) is 31.9 Å². The molecule has 1 atom stereocenters. The molecule has 0 saturated carbocycles. The van der Waals surface area contributed by atoms with E-state index in [1.165, 1.54) is 21.1 Å². The fourth-order valence-corrected chi connectivity index (χ4v) is 4.60. The van der Waals surface area contributed by atoms with Crippen LogP contribution >= 0.6 is 0 Å². The van der Waals surface area contributed by atoms with E-state index in [1.54, 1.807) is 82.5 Å². The number of amides is 1. The first-order valence-corrected chi connectivity index (χ1v) is 12.0. The van der Waals surface area contributed by atoms with Crippen molar-refractivity contribution < 1.29 is 18.5 Å². The van der Waals surface area contributed by atoms with E-state index in [0.29, 0.717) is 27.3 Å². The summed E-state index contributed by atoms with van der Waals surface area (Å²) in [5, 5.41) is 7.53. The number of nitrogens with two attached hydrogens (primary N) is 1. The van der Waals surface area contributed by atoms with Gasteiger partial charge in [-0.2, -0.15) is 3.97 Å². The van der Waals surface area contributed by atoms with Gasteiger partial charge in [-0.1, -0.05) is 24.3 Å². The number of nitrogens with one attached hydrogen (secondary N) is 1. The zero-order chi connectivity index (χ0) is 25.8. The second-order valence-electron chi connectivity index (χ2n) is 8.92. The van der Waals surface area contributed by atoms with E-state index < -0.39 is 28.9 Å². The lowest BCUT2D eigenvalue weighted by Crippen LogP contribution is -2.33. The van der Waals surface area contributed by atoms with Gasteiger partial charge < -0.3 is 25.3 Å². The highest BCUT2D eigenvalue weighted by atomic mass is 32.2. The number of carbonyl (C=O) groups excluding carboxylic acids is 1. The molecule has 1 heterocycles. The summed E-state index contributed by atoms with van der Waals surface area (Å²) in [6, 6.07) is 14.8. The molecule has 3 aromatic rings. The average Bonchev–Trinajstić information content (AvgIpc) is 3.22. The Bertz CT molecular complexity index is 1250. The van der Waals surface area contributed by atoms with Gasteiger partial charge in [0.2, 0.25) is 0 Å². The van der Waals surface area contributed by atoms with Crippen LogP contribution in [0.15, 0.2) is 71.9 Å². The largest absolute Gasteiger partial charge is 0.587 e. The van der Waals surface area contributed by atoms with E-state index in [4.69, 9.17) is 15.9 Å². The number of aromatic nitrogens is 1. The van der Waals surface area contributed by atoms with Gasteiger partial charge in [-0.15, -0.1) is 0 Å². The smallest absolute Gasteiger partial charge is 0.410 e. The molecule has 0 aliphatic carbocycles. The number of ether oxygens (including phenoxy) is 1. The molecule has 0 bridgehead atoms. The van der Waals surface area contributed by atoms with E-state index in [-0.39, 0.29) is 12.1 Å². The lowest BCUT2D eigenvalue weighted by molar-refractivity contribution is 0.0285. The van der Waals surface area contributed by atoms with E-state index >= 15 is 0 Å². The van der Waals surface area contributed by atoms with Crippen LogP contribution in [0.3, 0.4) is 0 Å². The summed E-state index contributed by atoms with van der Waals surface area (Å²) >= 11 is -1.75. The van der Waals surface area contributed by atoms with Gasteiger partial charge in [-0.05, 0) is 56.2 Å². The number of rotatable bonds is 7. The third kappa shape index (κ3) is 6.32. The van der Waals surface area contributed by atoms with Crippen molar-refractivity contribution in [2.45, 2.75) is 37.8 Å². The molecule has 0 saturated heterocycles. The minimum Gasteiger partial charge on any atom is -0.587 e. The molecule has 2 aromatic carbocycles. The van der Waals surface area contributed by atoms with Gasteiger partial charge in [0.1, 0.15) is 28.5 Å². The van der Waals surface area contributed by atoms with Crippen molar-refractivity contribution in [2.24, 2.45) is 5.73 Å². The minimum absolute atomic E-state index is 0.175. The predicted octanol–water partition coefficient (Wildman–Crippen LogP) is 5.18. The number of allylic oxidation sites excluding steroid dienone is 1. The Hall–Kier alpha value is -3.56. The van der Waals surface area contributed by atoms with Crippen LogP contribution in [0.25, 0.3) is 16.8 Å². The second kappa shape index (κ2) is 10.8. The number of hydrogen-bond acceptors (Lipinski definition) is 5. The molecule has 0 fully saturated rings. The fraction of sp³-hybridized carbons (Fsp3) is 0.231. The molecule has 1 amide bonds. The molecular formula is C26H29FN4O3S. The quantitative estimate of drug-likeness (QED) is 0.347. The van der Waals surface area contributed by atoms with Crippen molar-refractivity contribution in [2.75, 3.05) is 7.05 Å². The highest BCUT2D eigenvalue weighted by molar-refractivity contribution is 7.90. The van der Waals surface area contributed by atoms with Gasteiger partial charge in [-0.25, -0.2) is 9.18 Å². The summed E-state index contributed by atoms with van der Waals surface area (Å²) in [6.45, 7) is 5.53. The van der Waals surface area contributed by atoms with E-state index in [1.807, 2.05) is 0 Å². The maximum atomic E-state index is 14.7. The van der Waals surface area contributed by atoms with Crippen molar-refractivity contribution in [3.8, 4) is 11.3 Å². The van der Waals surface area contributed by atoms with Gasteiger partial charge in [-0.3, -0.25) is 0 Å². The summed E-state index contributed by atoms with van der Waals surface area (Å²) in [4.78, 5) is 14.3. The average molecular weight is 497 g/mol. The zero-order valence-electron chi connectivity index (χ0n) is 20.1. The van der Waals surface area contributed by atoms with Gasteiger partial charge in [0.15, 0.2) is 4.90 Å². The van der Waals surface area contributed by atoms with Crippen molar-refractivity contribution in [1.29, 1.82) is 5.41 Å². The Morgan fingerprint density at radius 2 is 1.94 bits per heavy atom. The Kier molecular flexibility index (Phi) is 8.03. The number of hydrogen-bond donors (Lipinski definition) is 2.